The predicted octanol–water partition coefficient (Wildman–Crippen LogP) is 1.05. The van der Waals surface area contributed by atoms with E-state index in [0.29, 0.717) is 5.75 Å². The van der Waals surface area contributed by atoms with Gasteiger partial charge in [-0.1, -0.05) is 17.7 Å². The Morgan fingerprint density at radius 1 is 1.28 bits per heavy atom. The van der Waals surface area contributed by atoms with E-state index in [1.165, 1.54) is 7.05 Å². The van der Waals surface area contributed by atoms with Gasteiger partial charge in [-0.2, -0.15) is 0 Å². The molecule has 1 aromatic carbocycles. The molecule has 5 heteroatoms. The number of hydrogen-bond donors (Lipinski definition) is 1. The molecule has 0 saturated carbocycles. The number of likely N-dealkylation sites (N-methyl/N-ethyl adjacent to an activating group) is 1. The van der Waals surface area contributed by atoms with E-state index in [-0.39, 0.29) is 12.5 Å². The van der Waals surface area contributed by atoms with Gasteiger partial charge in [-0.05, 0) is 26.0 Å². The van der Waals surface area contributed by atoms with Crippen molar-refractivity contribution in [2.75, 3.05) is 13.7 Å². The number of benzene rings is 1. The number of aryl methyl sites for hydroxylation is 1. The molecule has 0 heterocycles. The maximum atomic E-state index is 11.5. The fourth-order valence-corrected chi connectivity index (χ4v) is 1.20. The summed E-state index contributed by atoms with van der Waals surface area (Å²) in [4.78, 5) is 22.4. The van der Waals surface area contributed by atoms with Crippen LogP contribution >= 0.6 is 0 Å². The van der Waals surface area contributed by atoms with Gasteiger partial charge in [-0.15, -0.1) is 0 Å². The second-order valence-electron chi connectivity index (χ2n) is 3.85. The summed E-state index contributed by atoms with van der Waals surface area (Å²) in [5.41, 5.74) is 1.11. The van der Waals surface area contributed by atoms with Crippen molar-refractivity contribution in [2.24, 2.45) is 0 Å². The highest BCUT2D eigenvalue weighted by Gasteiger charge is 2.17. The Hall–Kier alpha value is -2.04. The van der Waals surface area contributed by atoms with E-state index < -0.39 is 12.1 Å². The Labute approximate surface area is 106 Å². The van der Waals surface area contributed by atoms with E-state index in [0.717, 1.165) is 5.56 Å². The summed E-state index contributed by atoms with van der Waals surface area (Å²) in [7, 11) is 1.47. The van der Waals surface area contributed by atoms with E-state index in [2.05, 4.69) is 5.32 Å². The Balaban J connectivity index is 2.44. The molecule has 1 amide bonds. The zero-order valence-electron chi connectivity index (χ0n) is 10.7. The fraction of sp³-hybridized carbons (Fsp3) is 0.385. The summed E-state index contributed by atoms with van der Waals surface area (Å²) in [6.45, 7) is 3.24. The molecule has 0 saturated heterocycles. The van der Waals surface area contributed by atoms with Crippen molar-refractivity contribution >= 4 is 11.9 Å². The van der Waals surface area contributed by atoms with Gasteiger partial charge in [0.1, 0.15) is 5.75 Å². The van der Waals surface area contributed by atoms with Gasteiger partial charge in [0.15, 0.2) is 12.7 Å². The molecule has 0 aromatic heterocycles. The van der Waals surface area contributed by atoms with Gasteiger partial charge in [0.05, 0.1) is 0 Å². The van der Waals surface area contributed by atoms with E-state index in [4.69, 9.17) is 9.47 Å². The van der Waals surface area contributed by atoms with E-state index in [9.17, 15) is 9.59 Å². The Morgan fingerprint density at radius 2 is 1.89 bits per heavy atom. The van der Waals surface area contributed by atoms with Gasteiger partial charge in [0.25, 0.3) is 5.91 Å². The Kier molecular flexibility index (Phi) is 5.17. The predicted molar refractivity (Wildman–Crippen MR) is 66.3 cm³/mol. The summed E-state index contributed by atoms with van der Waals surface area (Å²) in [6, 6.07) is 7.32. The molecule has 0 aliphatic carbocycles. The lowest BCUT2D eigenvalue weighted by molar-refractivity contribution is -0.154. The third-order valence-corrected chi connectivity index (χ3v) is 2.29. The Bertz CT molecular complexity index is 414. The summed E-state index contributed by atoms with van der Waals surface area (Å²) < 4.78 is 10.2. The number of carbonyl (C=O) groups is 2. The largest absolute Gasteiger partial charge is 0.479 e. The van der Waals surface area contributed by atoms with Crippen LogP contribution in [0.1, 0.15) is 12.5 Å². The van der Waals surface area contributed by atoms with Crippen molar-refractivity contribution < 1.29 is 19.1 Å². The quantitative estimate of drug-likeness (QED) is 0.794. The van der Waals surface area contributed by atoms with Gasteiger partial charge in [-0.3, -0.25) is 4.79 Å². The second kappa shape index (κ2) is 6.64. The zero-order chi connectivity index (χ0) is 13.5. The minimum atomic E-state index is -0.752. The molecule has 0 aliphatic rings. The number of hydrogen-bond acceptors (Lipinski definition) is 4. The van der Waals surface area contributed by atoms with E-state index in [1.54, 1.807) is 19.1 Å². The number of esters is 1. The highest BCUT2D eigenvalue weighted by molar-refractivity contribution is 5.81. The van der Waals surface area contributed by atoms with Crippen LogP contribution in [0, 0.1) is 6.92 Å². The lowest BCUT2D eigenvalue weighted by atomic mass is 10.2. The van der Waals surface area contributed by atoms with Crippen LogP contribution in [0.3, 0.4) is 0 Å². The summed E-state index contributed by atoms with van der Waals surface area (Å²) in [6.07, 6.45) is -0.752. The van der Waals surface area contributed by atoms with Crippen LogP contribution in [0.15, 0.2) is 24.3 Å². The maximum absolute atomic E-state index is 11.5. The van der Waals surface area contributed by atoms with Crippen molar-refractivity contribution in [3.63, 3.8) is 0 Å². The molecule has 5 nitrogen and oxygen atoms in total. The van der Waals surface area contributed by atoms with Gasteiger partial charge in [0, 0.05) is 7.05 Å². The number of nitrogens with one attached hydrogen (secondary N) is 1. The second-order valence-corrected chi connectivity index (χ2v) is 3.85. The average Bonchev–Trinajstić information content (AvgIpc) is 2.38. The number of amides is 1. The SMILES string of the molecule is CNC(=O)COC(=O)C(C)Oc1ccc(C)cc1. The molecule has 1 unspecified atom stereocenters. The van der Waals surface area contributed by atoms with Gasteiger partial charge in [-0.25, -0.2) is 4.79 Å². The summed E-state index contributed by atoms with van der Waals surface area (Å²) in [5, 5.41) is 2.36. The van der Waals surface area contributed by atoms with Crippen molar-refractivity contribution in [1.82, 2.24) is 5.32 Å². The summed E-state index contributed by atoms with van der Waals surface area (Å²) in [5.74, 6) is -0.338. The van der Waals surface area contributed by atoms with Crippen LogP contribution in [-0.2, 0) is 14.3 Å². The first-order chi connectivity index (χ1) is 8.52. The lowest BCUT2D eigenvalue weighted by Gasteiger charge is -2.13. The number of rotatable bonds is 5. The van der Waals surface area contributed by atoms with Crippen molar-refractivity contribution in [3.8, 4) is 5.75 Å². The maximum Gasteiger partial charge on any atom is 0.347 e. The molecule has 0 bridgehead atoms. The smallest absolute Gasteiger partial charge is 0.347 e. The van der Waals surface area contributed by atoms with Crippen molar-refractivity contribution in [3.05, 3.63) is 29.8 Å². The highest BCUT2D eigenvalue weighted by atomic mass is 16.6. The summed E-state index contributed by atoms with van der Waals surface area (Å²) >= 11 is 0. The van der Waals surface area contributed by atoms with Crippen LogP contribution in [0.4, 0.5) is 0 Å². The third-order valence-electron chi connectivity index (χ3n) is 2.29. The molecular weight excluding hydrogens is 234 g/mol. The number of ether oxygens (including phenoxy) is 2. The molecule has 1 rings (SSSR count). The normalized spacial score (nSPS) is 11.5. The first kappa shape index (κ1) is 14.0. The molecule has 1 aromatic rings. The van der Waals surface area contributed by atoms with Gasteiger partial charge < -0.3 is 14.8 Å². The molecule has 98 valence electrons. The molecule has 18 heavy (non-hydrogen) atoms. The average molecular weight is 251 g/mol. The molecule has 1 N–H and O–H groups in total. The van der Waals surface area contributed by atoms with Gasteiger partial charge in [0.2, 0.25) is 0 Å². The topological polar surface area (TPSA) is 64.6 Å². The Morgan fingerprint density at radius 3 is 2.44 bits per heavy atom. The van der Waals surface area contributed by atoms with E-state index in [1.807, 2.05) is 19.1 Å². The van der Waals surface area contributed by atoms with Crippen LogP contribution in [0.2, 0.25) is 0 Å². The molecule has 1 atom stereocenters. The van der Waals surface area contributed by atoms with Crippen molar-refractivity contribution in [1.29, 1.82) is 0 Å². The van der Waals surface area contributed by atoms with Crippen LogP contribution in [0.25, 0.3) is 0 Å². The highest BCUT2D eigenvalue weighted by Crippen LogP contribution is 2.13. The third kappa shape index (κ3) is 4.45. The minimum absolute atomic E-state index is 0.295. The van der Waals surface area contributed by atoms with Crippen LogP contribution < -0.4 is 10.1 Å². The van der Waals surface area contributed by atoms with Gasteiger partial charge >= 0.3 is 5.97 Å². The number of carbonyl (C=O) groups excluding carboxylic acids is 2. The standard InChI is InChI=1S/C13H17NO4/c1-9-4-6-11(7-5-9)18-10(2)13(16)17-8-12(15)14-3/h4-7,10H,8H2,1-3H3,(H,14,15). The first-order valence-electron chi connectivity index (χ1n) is 5.63. The van der Waals surface area contributed by atoms with Crippen LogP contribution in [0.5, 0.6) is 5.75 Å². The molecule has 0 spiro atoms. The molecular formula is C13H17NO4. The zero-order valence-corrected chi connectivity index (χ0v) is 10.7. The van der Waals surface area contributed by atoms with Crippen LogP contribution in [-0.4, -0.2) is 31.6 Å². The molecule has 0 radical (unpaired) electrons. The molecule has 0 aliphatic heterocycles. The fourth-order valence-electron chi connectivity index (χ4n) is 1.20. The minimum Gasteiger partial charge on any atom is -0.479 e. The first-order valence-corrected chi connectivity index (χ1v) is 5.63. The molecule has 0 fully saturated rings. The van der Waals surface area contributed by atoms with E-state index >= 15 is 0 Å². The lowest BCUT2D eigenvalue weighted by Crippen LogP contribution is -2.31. The monoisotopic (exact) mass is 251 g/mol. The van der Waals surface area contributed by atoms with Crippen molar-refractivity contribution in [2.45, 2.75) is 20.0 Å².